The second kappa shape index (κ2) is 7.09. The number of anilines is 1. The molecule has 0 bridgehead atoms. The third-order valence-electron chi connectivity index (χ3n) is 5.81. The Kier molecular flexibility index (Phi) is 5.03. The zero-order valence-corrected chi connectivity index (χ0v) is 15.7. The predicted octanol–water partition coefficient (Wildman–Crippen LogP) is 3.00. The van der Waals surface area contributed by atoms with Crippen LogP contribution in [0.4, 0.5) is 10.5 Å². The Morgan fingerprint density at radius 2 is 2.12 bits per heavy atom. The lowest BCUT2D eigenvalue weighted by Gasteiger charge is -2.36. The molecule has 4 amide bonds. The van der Waals surface area contributed by atoms with E-state index >= 15 is 0 Å². The van der Waals surface area contributed by atoms with Crippen molar-refractivity contribution in [2.75, 3.05) is 11.9 Å². The summed E-state index contributed by atoms with van der Waals surface area (Å²) in [5.74, 6) is -0.521. The molecule has 2 fully saturated rings. The number of aryl methyl sites for hydroxylation is 2. The molecule has 2 aliphatic rings. The molecule has 26 heavy (non-hydrogen) atoms. The largest absolute Gasteiger partial charge is 0.325 e. The Balaban J connectivity index is 1.74. The van der Waals surface area contributed by atoms with Crippen molar-refractivity contribution in [2.45, 2.75) is 58.4 Å². The number of amides is 4. The Labute approximate surface area is 154 Å². The van der Waals surface area contributed by atoms with Crippen LogP contribution < -0.4 is 10.6 Å². The van der Waals surface area contributed by atoms with Crippen LogP contribution in [0.15, 0.2) is 18.2 Å². The molecule has 2 atom stereocenters. The van der Waals surface area contributed by atoms with Crippen LogP contribution >= 0.6 is 0 Å². The zero-order valence-electron chi connectivity index (χ0n) is 15.7. The molecule has 1 saturated carbocycles. The number of hydrogen-bond acceptors (Lipinski definition) is 3. The summed E-state index contributed by atoms with van der Waals surface area (Å²) in [5.41, 5.74) is 1.94. The number of benzene rings is 1. The highest BCUT2D eigenvalue weighted by Crippen LogP contribution is 2.38. The molecule has 6 nitrogen and oxygen atoms in total. The van der Waals surface area contributed by atoms with Crippen LogP contribution in [0.5, 0.6) is 0 Å². The summed E-state index contributed by atoms with van der Waals surface area (Å²) in [6, 6.07) is 5.39. The number of imide groups is 1. The van der Waals surface area contributed by atoms with E-state index in [1.165, 1.54) is 0 Å². The second-order valence-electron chi connectivity index (χ2n) is 7.45. The van der Waals surface area contributed by atoms with Gasteiger partial charge in [0.15, 0.2) is 0 Å². The summed E-state index contributed by atoms with van der Waals surface area (Å²) >= 11 is 0. The molecule has 1 saturated heterocycles. The molecule has 0 radical (unpaired) electrons. The number of carbonyl (C=O) groups excluding carboxylic acids is 3. The van der Waals surface area contributed by atoms with Gasteiger partial charge in [-0.05, 0) is 43.2 Å². The topological polar surface area (TPSA) is 78.5 Å². The minimum atomic E-state index is -0.827. The van der Waals surface area contributed by atoms with Crippen molar-refractivity contribution >= 4 is 23.5 Å². The maximum atomic E-state index is 12.9. The van der Waals surface area contributed by atoms with Gasteiger partial charge >= 0.3 is 6.03 Å². The van der Waals surface area contributed by atoms with Crippen LogP contribution in [0.3, 0.4) is 0 Å². The fourth-order valence-electron chi connectivity index (χ4n) is 4.16. The number of carbonyl (C=O) groups is 3. The molecular weight excluding hydrogens is 330 g/mol. The molecule has 1 aromatic carbocycles. The van der Waals surface area contributed by atoms with E-state index in [0.717, 1.165) is 47.4 Å². The Morgan fingerprint density at radius 3 is 2.81 bits per heavy atom. The van der Waals surface area contributed by atoms with Crippen molar-refractivity contribution in [3.63, 3.8) is 0 Å². The fraction of sp³-hybridized carbons (Fsp3) is 0.550. The summed E-state index contributed by atoms with van der Waals surface area (Å²) in [6.07, 6.45) is 4.34. The van der Waals surface area contributed by atoms with Gasteiger partial charge in [0.25, 0.3) is 5.91 Å². The van der Waals surface area contributed by atoms with Crippen LogP contribution in [-0.4, -0.2) is 34.8 Å². The van der Waals surface area contributed by atoms with E-state index in [4.69, 9.17) is 0 Å². The van der Waals surface area contributed by atoms with E-state index in [0.29, 0.717) is 6.42 Å². The van der Waals surface area contributed by atoms with E-state index in [1.54, 1.807) is 0 Å². The lowest BCUT2D eigenvalue weighted by Crippen LogP contribution is -2.54. The van der Waals surface area contributed by atoms with Gasteiger partial charge in [0.2, 0.25) is 5.91 Å². The third kappa shape index (κ3) is 3.08. The van der Waals surface area contributed by atoms with E-state index in [9.17, 15) is 14.4 Å². The minimum Gasteiger partial charge on any atom is -0.324 e. The van der Waals surface area contributed by atoms with Crippen LogP contribution in [0.1, 0.15) is 50.7 Å². The molecule has 2 N–H and O–H groups in total. The first-order chi connectivity index (χ1) is 12.4. The van der Waals surface area contributed by atoms with Gasteiger partial charge in [-0.15, -0.1) is 0 Å². The summed E-state index contributed by atoms with van der Waals surface area (Å²) in [5, 5.41) is 5.77. The monoisotopic (exact) mass is 357 g/mol. The van der Waals surface area contributed by atoms with Gasteiger partial charge < -0.3 is 10.6 Å². The number of nitrogens with one attached hydrogen (secondary N) is 2. The van der Waals surface area contributed by atoms with Gasteiger partial charge in [0.1, 0.15) is 12.1 Å². The fourth-order valence-corrected chi connectivity index (χ4v) is 4.16. The Bertz CT molecular complexity index is 746. The SMILES string of the molecule is CCc1cccc(C)c1NC(=O)CN1C(=O)N[C@]2(CCCC[C@@H]2C)C1=O. The maximum Gasteiger partial charge on any atom is 0.325 e. The van der Waals surface area contributed by atoms with Crippen molar-refractivity contribution in [1.82, 2.24) is 10.2 Å². The molecule has 1 aromatic rings. The zero-order chi connectivity index (χ0) is 18.9. The van der Waals surface area contributed by atoms with Gasteiger partial charge in [-0.25, -0.2) is 4.79 Å². The average Bonchev–Trinajstić information content (AvgIpc) is 2.84. The van der Waals surface area contributed by atoms with Crippen LogP contribution in [-0.2, 0) is 16.0 Å². The Morgan fingerprint density at radius 1 is 1.35 bits per heavy atom. The van der Waals surface area contributed by atoms with Crippen molar-refractivity contribution in [1.29, 1.82) is 0 Å². The number of nitrogens with zero attached hydrogens (tertiary/aromatic N) is 1. The van der Waals surface area contributed by atoms with Crippen LogP contribution in [0, 0.1) is 12.8 Å². The number of hydrogen-bond donors (Lipinski definition) is 2. The second-order valence-corrected chi connectivity index (χ2v) is 7.45. The van der Waals surface area contributed by atoms with Gasteiger partial charge in [0.05, 0.1) is 0 Å². The normalized spacial score (nSPS) is 25.5. The first-order valence-corrected chi connectivity index (χ1v) is 9.41. The van der Waals surface area contributed by atoms with Crippen molar-refractivity contribution in [3.8, 4) is 0 Å². The van der Waals surface area contributed by atoms with E-state index in [1.807, 2.05) is 39.0 Å². The van der Waals surface area contributed by atoms with E-state index in [2.05, 4.69) is 10.6 Å². The number of rotatable bonds is 4. The van der Waals surface area contributed by atoms with E-state index < -0.39 is 11.6 Å². The van der Waals surface area contributed by atoms with Crippen molar-refractivity contribution < 1.29 is 14.4 Å². The summed E-state index contributed by atoms with van der Waals surface area (Å²) in [7, 11) is 0. The molecule has 1 heterocycles. The lowest BCUT2D eigenvalue weighted by molar-refractivity contribution is -0.136. The van der Waals surface area contributed by atoms with Crippen molar-refractivity contribution in [3.05, 3.63) is 29.3 Å². The molecule has 1 aliphatic heterocycles. The molecule has 1 aliphatic carbocycles. The van der Waals surface area contributed by atoms with Crippen molar-refractivity contribution in [2.24, 2.45) is 5.92 Å². The highest BCUT2D eigenvalue weighted by Gasteiger charge is 2.55. The summed E-state index contributed by atoms with van der Waals surface area (Å²) in [6.45, 7) is 5.70. The molecule has 0 unspecified atom stereocenters. The maximum absolute atomic E-state index is 12.9. The number of urea groups is 1. The number of para-hydroxylation sites is 1. The third-order valence-corrected chi connectivity index (χ3v) is 5.81. The van der Waals surface area contributed by atoms with Crippen LogP contribution in [0.2, 0.25) is 0 Å². The average molecular weight is 357 g/mol. The Hall–Kier alpha value is -2.37. The molecule has 3 rings (SSSR count). The first-order valence-electron chi connectivity index (χ1n) is 9.41. The summed E-state index contributed by atoms with van der Waals surface area (Å²) in [4.78, 5) is 39.0. The van der Waals surface area contributed by atoms with Gasteiger partial charge in [0, 0.05) is 5.69 Å². The summed E-state index contributed by atoms with van der Waals surface area (Å²) < 4.78 is 0. The van der Waals surface area contributed by atoms with E-state index in [-0.39, 0.29) is 24.3 Å². The highest BCUT2D eigenvalue weighted by atomic mass is 16.2. The smallest absolute Gasteiger partial charge is 0.324 e. The minimum absolute atomic E-state index is 0.0869. The molecule has 0 aromatic heterocycles. The first kappa shape index (κ1) is 18.4. The van der Waals surface area contributed by atoms with Gasteiger partial charge in [-0.1, -0.05) is 44.9 Å². The quantitative estimate of drug-likeness (QED) is 0.813. The molecule has 1 spiro atoms. The van der Waals surface area contributed by atoms with Gasteiger partial charge in [-0.2, -0.15) is 0 Å². The lowest BCUT2D eigenvalue weighted by atomic mass is 9.73. The molecule has 6 heteroatoms. The standard InChI is InChI=1S/C20H27N3O3/c1-4-15-10-7-8-13(2)17(15)21-16(24)12-23-18(25)20(22-19(23)26)11-6-5-9-14(20)3/h7-8,10,14H,4-6,9,11-12H2,1-3H3,(H,21,24)(H,22,26)/t14-,20-/m0/s1. The molecular formula is C20H27N3O3. The highest BCUT2D eigenvalue weighted by molar-refractivity contribution is 6.10. The predicted molar refractivity (Wildman–Crippen MR) is 99.8 cm³/mol. The molecule has 140 valence electrons. The van der Waals surface area contributed by atoms with Crippen LogP contribution in [0.25, 0.3) is 0 Å². The van der Waals surface area contributed by atoms with Gasteiger partial charge in [-0.3, -0.25) is 14.5 Å².